The summed E-state index contributed by atoms with van der Waals surface area (Å²) in [5.74, 6) is -0.159. The van der Waals surface area contributed by atoms with Crippen molar-refractivity contribution in [2.24, 2.45) is 5.73 Å². The van der Waals surface area contributed by atoms with Gasteiger partial charge in [-0.1, -0.05) is 12.1 Å². The molecular formula is C13H14BrN5O2. The minimum atomic E-state index is -0.514. The molecule has 0 aliphatic heterocycles. The van der Waals surface area contributed by atoms with E-state index in [9.17, 15) is 9.59 Å². The van der Waals surface area contributed by atoms with Gasteiger partial charge in [-0.05, 0) is 33.6 Å². The number of anilines is 2. The molecule has 1 heterocycles. The van der Waals surface area contributed by atoms with Gasteiger partial charge in [0.05, 0.1) is 12.9 Å². The molecule has 0 saturated heterocycles. The van der Waals surface area contributed by atoms with Crippen LogP contribution in [0.25, 0.3) is 0 Å². The minimum absolute atomic E-state index is 0.0561. The summed E-state index contributed by atoms with van der Waals surface area (Å²) in [7, 11) is 0. The van der Waals surface area contributed by atoms with Crippen LogP contribution in [0.4, 0.5) is 11.5 Å². The van der Waals surface area contributed by atoms with Gasteiger partial charge in [0, 0.05) is 12.2 Å². The van der Waals surface area contributed by atoms with Crippen LogP contribution in [-0.2, 0) is 11.3 Å². The number of carbonyl (C=O) groups is 1. The fourth-order valence-corrected chi connectivity index (χ4v) is 2.30. The van der Waals surface area contributed by atoms with E-state index in [1.165, 1.54) is 6.33 Å². The number of nitrogens with one attached hydrogen (secondary N) is 1. The third-order valence-corrected chi connectivity index (χ3v) is 3.49. The number of H-pyrrole nitrogens is 1. The molecule has 21 heavy (non-hydrogen) atoms. The molecule has 110 valence electrons. The van der Waals surface area contributed by atoms with Gasteiger partial charge < -0.3 is 21.4 Å². The van der Waals surface area contributed by atoms with Crippen LogP contribution in [0, 0.1) is 0 Å². The fraction of sp³-hybridized carbons (Fsp3) is 0.154. The number of aromatic amines is 1. The highest BCUT2D eigenvalue weighted by molar-refractivity contribution is 9.10. The molecule has 1 amide bonds. The molecule has 0 fully saturated rings. The van der Waals surface area contributed by atoms with E-state index in [1.807, 2.05) is 12.1 Å². The molecule has 7 nitrogen and oxygen atoms in total. The second-order valence-corrected chi connectivity index (χ2v) is 5.23. The predicted octanol–water partition coefficient (Wildman–Crippen LogP) is 0.606. The maximum atomic E-state index is 11.6. The smallest absolute Gasteiger partial charge is 0.267 e. The first kappa shape index (κ1) is 15.0. The van der Waals surface area contributed by atoms with Crippen LogP contribution < -0.4 is 21.9 Å². The standard InChI is InChI=1S/C13H14BrN5O2/c14-11-12(17-7-18-13(11)21)19(6-10(16)20)5-8-1-3-9(15)4-2-8/h1-4,7H,5-6,15H2,(H2,16,20)(H,17,18,21). The van der Waals surface area contributed by atoms with E-state index in [0.29, 0.717) is 18.1 Å². The predicted molar refractivity (Wildman–Crippen MR) is 83.7 cm³/mol. The number of rotatable bonds is 5. The average Bonchev–Trinajstić information content (AvgIpc) is 2.43. The molecule has 8 heteroatoms. The summed E-state index contributed by atoms with van der Waals surface area (Å²) in [6, 6.07) is 7.20. The summed E-state index contributed by atoms with van der Waals surface area (Å²) in [4.78, 5) is 31.0. The van der Waals surface area contributed by atoms with Gasteiger partial charge in [0.15, 0.2) is 5.82 Å². The van der Waals surface area contributed by atoms with Crippen LogP contribution in [0.2, 0.25) is 0 Å². The molecule has 0 atom stereocenters. The van der Waals surface area contributed by atoms with E-state index in [0.717, 1.165) is 5.56 Å². The lowest BCUT2D eigenvalue weighted by Crippen LogP contribution is -2.35. The Morgan fingerprint density at radius 3 is 2.62 bits per heavy atom. The number of carbonyl (C=O) groups excluding carboxylic acids is 1. The minimum Gasteiger partial charge on any atom is -0.399 e. The molecule has 1 aromatic carbocycles. The lowest BCUT2D eigenvalue weighted by atomic mass is 10.2. The number of aromatic nitrogens is 2. The van der Waals surface area contributed by atoms with Crippen molar-refractivity contribution in [3.05, 3.63) is 51.0 Å². The Kier molecular flexibility index (Phi) is 4.59. The zero-order valence-corrected chi connectivity index (χ0v) is 12.6. The molecular weight excluding hydrogens is 338 g/mol. The zero-order valence-electron chi connectivity index (χ0n) is 11.0. The van der Waals surface area contributed by atoms with Crippen molar-refractivity contribution in [3.63, 3.8) is 0 Å². The van der Waals surface area contributed by atoms with E-state index in [-0.39, 0.29) is 16.6 Å². The Bertz CT molecular complexity index is 698. The Morgan fingerprint density at radius 1 is 1.33 bits per heavy atom. The van der Waals surface area contributed by atoms with Crippen molar-refractivity contribution in [1.29, 1.82) is 0 Å². The lowest BCUT2D eigenvalue weighted by Gasteiger charge is -2.22. The highest BCUT2D eigenvalue weighted by Crippen LogP contribution is 2.21. The number of hydrogen-bond acceptors (Lipinski definition) is 5. The summed E-state index contributed by atoms with van der Waals surface area (Å²) >= 11 is 3.18. The summed E-state index contributed by atoms with van der Waals surface area (Å²) in [5.41, 5.74) is 12.1. The Morgan fingerprint density at radius 2 is 2.00 bits per heavy atom. The normalized spacial score (nSPS) is 10.3. The van der Waals surface area contributed by atoms with Crippen molar-refractivity contribution in [2.75, 3.05) is 17.2 Å². The number of hydrogen-bond donors (Lipinski definition) is 3. The first-order chi connectivity index (χ1) is 9.97. The number of nitrogen functional groups attached to an aromatic ring is 1. The maximum absolute atomic E-state index is 11.6. The van der Waals surface area contributed by atoms with Gasteiger partial charge in [-0.25, -0.2) is 4.98 Å². The number of nitrogens with two attached hydrogens (primary N) is 2. The topological polar surface area (TPSA) is 118 Å². The van der Waals surface area contributed by atoms with Crippen LogP contribution in [0.1, 0.15) is 5.56 Å². The SMILES string of the molecule is NC(=O)CN(Cc1ccc(N)cc1)c1nc[nH]c(=O)c1Br. The summed E-state index contributed by atoms with van der Waals surface area (Å²) in [5, 5.41) is 0. The van der Waals surface area contributed by atoms with Crippen LogP contribution in [0.5, 0.6) is 0 Å². The summed E-state index contributed by atoms with van der Waals surface area (Å²) < 4.78 is 0.252. The first-order valence-electron chi connectivity index (χ1n) is 6.08. The molecule has 0 aliphatic carbocycles. The van der Waals surface area contributed by atoms with Gasteiger partial charge in [0.2, 0.25) is 5.91 Å². The zero-order chi connectivity index (χ0) is 15.4. The van der Waals surface area contributed by atoms with E-state index < -0.39 is 5.91 Å². The van der Waals surface area contributed by atoms with Crippen LogP contribution in [0.15, 0.2) is 39.9 Å². The molecule has 1 aromatic heterocycles. The number of primary amides is 1. The van der Waals surface area contributed by atoms with Gasteiger partial charge >= 0.3 is 0 Å². The fourth-order valence-electron chi connectivity index (χ4n) is 1.83. The lowest BCUT2D eigenvalue weighted by molar-refractivity contribution is -0.116. The second-order valence-electron chi connectivity index (χ2n) is 4.43. The molecule has 0 saturated carbocycles. The van der Waals surface area contributed by atoms with Gasteiger partial charge in [0.25, 0.3) is 5.56 Å². The average molecular weight is 352 g/mol. The quantitative estimate of drug-likeness (QED) is 0.682. The second kappa shape index (κ2) is 6.40. The Labute approximate surface area is 129 Å². The molecule has 2 aromatic rings. The van der Waals surface area contributed by atoms with Crippen LogP contribution >= 0.6 is 15.9 Å². The van der Waals surface area contributed by atoms with Gasteiger partial charge in [0.1, 0.15) is 4.47 Å². The third kappa shape index (κ3) is 3.82. The maximum Gasteiger partial charge on any atom is 0.267 e. The van der Waals surface area contributed by atoms with Crippen molar-refractivity contribution in [1.82, 2.24) is 9.97 Å². The first-order valence-corrected chi connectivity index (χ1v) is 6.87. The van der Waals surface area contributed by atoms with E-state index >= 15 is 0 Å². The number of halogens is 1. The van der Waals surface area contributed by atoms with E-state index in [2.05, 4.69) is 25.9 Å². The van der Waals surface area contributed by atoms with E-state index in [1.54, 1.807) is 17.0 Å². The highest BCUT2D eigenvalue weighted by Gasteiger charge is 2.16. The molecule has 5 N–H and O–H groups in total. The molecule has 0 unspecified atom stereocenters. The largest absolute Gasteiger partial charge is 0.399 e. The summed E-state index contributed by atoms with van der Waals surface area (Å²) in [6.45, 7) is 0.317. The molecule has 2 rings (SSSR count). The number of nitrogens with zero attached hydrogens (tertiary/aromatic N) is 2. The Balaban J connectivity index is 2.34. The van der Waals surface area contributed by atoms with Gasteiger partial charge in [-0.3, -0.25) is 9.59 Å². The number of amides is 1. The molecule has 0 bridgehead atoms. The monoisotopic (exact) mass is 351 g/mol. The third-order valence-electron chi connectivity index (χ3n) is 2.78. The Hall–Kier alpha value is -2.35. The van der Waals surface area contributed by atoms with Crippen LogP contribution in [-0.4, -0.2) is 22.4 Å². The number of benzene rings is 1. The van der Waals surface area contributed by atoms with E-state index in [4.69, 9.17) is 11.5 Å². The van der Waals surface area contributed by atoms with Crippen molar-refractivity contribution in [2.45, 2.75) is 6.54 Å². The molecule has 0 aliphatic rings. The molecule has 0 spiro atoms. The van der Waals surface area contributed by atoms with Gasteiger partial charge in [-0.2, -0.15) is 0 Å². The highest BCUT2D eigenvalue weighted by atomic mass is 79.9. The van der Waals surface area contributed by atoms with Crippen LogP contribution in [0.3, 0.4) is 0 Å². The van der Waals surface area contributed by atoms with Gasteiger partial charge in [-0.15, -0.1) is 0 Å². The van der Waals surface area contributed by atoms with Crippen molar-refractivity contribution >= 4 is 33.3 Å². The summed E-state index contributed by atoms with van der Waals surface area (Å²) in [6.07, 6.45) is 1.28. The van der Waals surface area contributed by atoms with Crippen molar-refractivity contribution < 1.29 is 4.79 Å². The molecule has 0 radical (unpaired) electrons. The van der Waals surface area contributed by atoms with Crippen molar-refractivity contribution in [3.8, 4) is 0 Å².